The van der Waals surface area contributed by atoms with Crippen LogP contribution in [0.2, 0.25) is 0 Å². The van der Waals surface area contributed by atoms with Crippen LogP contribution < -0.4 is 0 Å². The Balaban J connectivity index is 1.18. The van der Waals surface area contributed by atoms with Crippen molar-refractivity contribution in [2.75, 3.05) is 13.2 Å². The molecule has 0 atom stereocenters. The Hall–Kier alpha value is -0.930. The van der Waals surface area contributed by atoms with Crippen LogP contribution in [0.3, 0.4) is 0 Å². The first-order valence-corrected chi connectivity index (χ1v) is 10.8. The third kappa shape index (κ3) is 4.67. The zero-order chi connectivity index (χ0) is 17.8. The molecule has 2 nitrogen and oxygen atoms in total. The third-order valence-corrected chi connectivity index (χ3v) is 7.17. The predicted molar refractivity (Wildman–Crippen MR) is 101 cm³/mol. The molecule has 3 aliphatic rings. The van der Waals surface area contributed by atoms with Gasteiger partial charge in [0, 0.05) is 0 Å². The van der Waals surface area contributed by atoms with Crippen LogP contribution in [-0.2, 0) is 9.47 Å². The average molecular weight is 361 g/mol. The second-order valence-electron chi connectivity index (χ2n) is 8.69. The molecule has 3 heteroatoms. The van der Waals surface area contributed by atoms with Gasteiger partial charge in [-0.3, -0.25) is 0 Å². The van der Waals surface area contributed by atoms with E-state index in [1.807, 2.05) is 12.1 Å². The van der Waals surface area contributed by atoms with Gasteiger partial charge in [0.2, 0.25) is 0 Å². The Morgan fingerprint density at radius 3 is 1.92 bits per heavy atom. The highest BCUT2D eigenvalue weighted by Gasteiger charge is 2.31. The lowest BCUT2D eigenvalue weighted by molar-refractivity contribution is -0.0514. The fraction of sp³-hybridized carbons (Fsp3) is 0.739. The summed E-state index contributed by atoms with van der Waals surface area (Å²) in [5, 5.41) is 0. The van der Waals surface area contributed by atoms with Crippen molar-refractivity contribution in [2.45, 2.75) is 76.4 Å². The molecule has 26 heavy (non-hydrogen) atoms. The van der Waals surface area contributed by atoms with Gasteiger partial charge in [-0.25, -0.2) is 4.39 Å². The Morgan fingerprint density at radius 1 is 0.731 bits per heavy atom. The highest BCUT2D eigenvalue weighted by Crippen LogP contribution is 2.44. The summed E-state index contributed by atoms with van der Waals surface area (Å²) in [6.45, 7) is 1.55. The quantitative estimate of drug-likeness (QED) is 0.635. The van der Waals surface area contributed by atoms with E-state index in [0.717, 1.165) is 37.4 Å². The van der Waals surface area contributed by atoms with Crippen molar-refractivity contribution in [3.8, 4) is 0 Å². The molecule has 2 aliphatic carbocycles. The lowest BCUT2D eigenvalue weighted by atomic mass is 9.68. The van der Waals surface area contributed by atoms with Gasteiger partial charge in [-0.15, -0.1) is 0 Å². The molecule has 144 valence electrons. The lowest BCUT2D eigenvalue weighted by Gasteiger charge is -2.38. The van der Waals surface area contributed by atoms with Crippen LogP contribution in [0.25, 0.3) is 0 Å². The summed E-state index contributed by atoms with van der Waals surface area (Å²) in [7, 11) is 0. The number of hydrogen-bond donors (Lipinski definition) is 0. The van der Waals surface area contributed by atoms with Crippen molar-refractivity contribution in [2.24, 2.45) is 17.8 Å². The van der Waals surface area contributed by atoms with Gasteiger partial charge in [0.25, 0.3) is 0 Å². The van der Waals surface area contributed by atoms with E-state index in [1.165, 1.54) is 63.4 Å². The summed E-state index contributed by atoms with van der Waals surface area (Å²) in [4.78, 5) is 0. The molecule has 1 saturated heterocycles. The highest BCUT2D eigenvalue weighted by molar-refractivity contribution is 5.20. The molecule has 0 bridgehead atoms. The molecule has 0 unspecified atom stereocenters. The summed E-state index contributed by atoms with van der Waals surface area (Å²) in [5.41, 5.74) is 1.34. The van der Waals surface area contributed by atoms with E-state index >= 15 is 0 Å². The molecule has 3 fully saturated rings. The first kappa shape index (κ1) is 18.4. The normalized spacial score (nSPS) is 33.4. The first-order valence-electron chi connectivity index (χ1n) is 10.8. The number of hydrogen-bond acceptors (Lipinski definition) is 2. The minimum atomic E-state index is -0.120. The van der Waals surface area contributed by atoms with Gasteiger partial charge in [-0.05, 0) is 92.7 Å². The van der Waals surface area contributed by atoms with Crippen LogP contribution in [0.1, 0.15) is 75.7 Å². The summed E-state index contributed by atoms with van der Waals surface area (Å²) in [5.74, 6) is 3.28. The average Bonchev–Trinajstić information content (AvgIpc) is 3.21. The standard InChI is InChI=1S/C23H33FO2/c24-22-12-10-21(11-13-22)20-8-6-19(7-9-20)18-4-1-17(2-5-18)3-14-23-25-15-16-26-23/h10-13,17-20,23H,1-9,14-16H2/t17-,18-,19?,20?. The fourth-order valence-electron chi connectivity index (χ4n) is 5.55. The van der Waals surface area contributed by atoms with Crippen molar-refractivity contribution < 1.29 is 13.9 Å². The van der Waals surface area contributed by atoms with E-state index in [2.05, 4.69) is 0 Å². The smallest absolute Gasteiger partial charge is 0.157 e. The zero-order valence-corrected chi connectivity index (χ0v) is 15.9. The number of rotatable bonds is 5. The molecule has 4 rings (SSSR count). The molecule has 2 saturated carbocycles. The van der Waals surface area contributed by atoms with Gasteiger partial charge in [0.1, 0.15) is 5.82 Å². The van der Waals surface area contributed by atoms with Crippen molar-refractivity contribution in [1.29, 1.82) is 0 Å². The van der Waals surface area contributed by atoms with Crippen LogP contribution in [0.15, 0.2) is 24.3 Å². The van der Waals surface area contributed by atoms with Crippen molar-refractivity contribution >= 4 is 0 Å². The largest absolute Gasteiger partial charge is 0.350 e. The SMILES string of the molecule is Fc1ccc(C2CCC([C@H]3CC[C@H](CCC4OCCO4)CC3)CC2)cc1. The third-order valence-electron chi connectivity index (χ3n) is 7.17. The number of benzene rings is 1. The van der Waals surface area contributed by atoms with Crippen LogP contribution >= 0.6 is 0 Å². The zero-order valence-electron chi connectivity index (χ0n) is 15.9. The molecule has 1 heterocycles. The molecule has 1 aromatic carbocycles. The number of halogens is 1. The molecule has 0 aromatic heterocycles. The molecular weight excluding hydrogens is 327 g/mol. The molecule has 0 spiro atoms. The summed E-state index contributed by atoms with van der Waals surface area (Å²) in [6, 6.07) is 7.21. The van der Waals surface area contributed by atoms with E-state index in [4.69, 9.17) is 9.47 Å². The Bertz CT molecular complexity index is 536. The Kier molecular flexibility index (Phi) is 6.27. The van der Waals surface area contributed by atoms with Gasteiger partial charge >= 0.3 is 0 Å². The van der Waals surface area contributed by atoms with Crippen LogP contribution in [0.4, 0.5) is 4.39 Å². The van der Waals surface area contributed by atoms with Gasteiger partial charge in [0.05, 0.1) is 13.2 Å². The lowest BCUT2D eigenvalue weighted by Crippen LogP contribution is -2.25. The van der Waals surface area contributed by atoms with E-state index in [0.29, 0.717) is 5.92 Å². The minimum Gasteiger partial charge on any atom is -0.350 e. The first-order chi connectivity index (χ1) is 12.8. The Labute approximate surface area is 157 Å². The maximum absolute atomic E-state index is 13.1. The van der Waals surface area contributed by atoms with Gasteiger partial charge in [0.15, 0.2) is 6.29 Å². The molecule has 0 N–H and O–H groups in total. The summed E-state index contributed by atoms with van der Waals surface area (Å²) in [6.07, 6.45) is 13.4. The monoisotopic (exact) mass is 360 g/mol. The van der Waals surface area contributed by atoms with Crippen LogP contribution in [0, 0.1) is 23.6 Å². The van der Waals surface area contributed by atoms with Crippen molar-refractivity contribution in [3.05, 3.63) is 35.6 Å². The molecule has 1 aliphatic heterocycles. The van der Waals surface area contributed by atoms with Crippen LogP contribution in [0.5, 0.6) is 0 Å². The van der Waals surface area contributed by atoms with E-state index in [9.17, 15) is 4.39 Å². The predicted octanol–water partition coefficient (Wildman–Crippen LogP) is 6.06. The van der Waals surface area contributed by atoms with Crippen molar-refractivity contribution in [1.82, 2.24) is 0 Å². The Morgan fingerprint density at radius 2 is 1.31 bits per heavy atom. The molecular formula is C23H33FO2. The van der Waals surface area contributed by atoms with E-state index in [-0.39, 0.29) is 12.1 Å². The second-order valence-corrected chi connectivity index (χ2v) is 8.69. The fourth-order valence-corrected chi connectivity index (χ4v) is 5.55. The summed E-state index contributed by atoms with van der Waals surface area (Å²) >= 11 is 0. The van der Waals surface area contributed by atoms with E-state index < -0.39 is 0 Å². The maximum atomic E-state index is 13.1. The van der Waals surface area contributed by atoms with E-state index in [1.54, 1.807) is 12.1 Å². The second kappa shape index (κ2) is 8.84. The highest BCUT2D eigenvalue weighted by atomic mass is 19.1. The number of ether oxygens (including phenoxy) is 2. The molecule has 0 amide bonds. The van der Waals surface area contributed by atoms with Gasteiger partial charge < -0.3 is 9.47 Å². The topological polar surface area (TPSA) is 18.5 Å². The summed E-state index contributed by atoms with van der Waals surface area (Å²) < 4.78 is 24.3. The maximum Gasteiger partial charge on any atom is 0.157 e. The van der Waals surface area contributed by atoms with Crippen LogP contribution in [-0.4, -0.2) is 19.5 Å². The van der Waals surface area contributed by atoms with Gasteiger partial charge in [-0.2, -0.15) is 0 Å². The molecule has 1 aromatic rings. The van der Waals surface area contributed by atoms with Gasteiger partial charge in [-0.1, -0.05) is 25.0 Å². The minimum absolute atomic E-state index is 0.0782. The van der Waals surface area contributed by atoms with Crippen molar-refractivity contribution in [3.63, 3.8) is 0 Å². The molecule has 0 radical (unpaired) electrons.